The van der Waals surface area contributed by atoms with Crippen LogP contribution in [0.4, 0.5) is 0 Å². The largest absolute Gasteiger partial charge is 0.309 e. The zero-order chi connectivity index (χ0) is 14.6. The SMILES string of the molecule is CCNC1c2ccccc2CCC1SCCS(C)(=O)=O. The van der Waals surface area contributed by atoms with Crippen LogP contribution in [0.15, 0.2) is 24.3 Å². The highest BCUT2D eigenvalue weighted by Gasteiger charge is 2.28. The molecular formula is C15H23NO2S2. The quantitative estimate of drug-likeness (QED) is 0.876. The average molecular weight is 313 g/mol. The number of benzene rings is 1. The second-order valence-corrected chi connectivity index (χ2v) is 8.92. The fourth-order valence-corrected chi connectivity index (χ4v) is 5.34. The van der Waals surface area contributed by atoms with Gasteiger partial charge in [0.15, 0.2) is 0 Å². The summed E-state index contributed by atoms with van der Waals surface area (Å²) in [6, 6.07) is 8.93. The number of aryl methyl sites for hydroxylation is 1. The van der Waals surface area contributed by atoms with Crippen LogP contribution in [0.2, 0.25) is 0 Å². The van der Waals surface area contributed by atoms with E-state index < -0.39 is 9.84 Å². The third kappa shape index (κ3) is 4.24. The van der Waals surface area contributed by atoms with Crippen LogP contribution in [-0.4, -0.2) is 38.0 Å². The lowest BCUT2D eigenvalue weighted by Crippen LogP contribution is -2.34. The van der Waals surface area contributed by atoms with Crippen LogP contribution in [0.5, 0.6) is 0 Å². The molecule has 1 aromatic carbocycles. The molecule has 0 aromatic heterocycles. The van der Waals surface area contributed by atoms with Gasteiger partial charge in [-0.2, -0.15) is 11.8 Å². The van der Waals surface area contributed by atoms with Gasteiger partial charge in [0.1, 0.15) is 9.84 Å². The summed E-state index contributed by atoms with van der Waals surface area (Å²) >= 11 is 1.79. The smallest absolute Gasteiger partial charge is 0.148 e. The summed E-state index contributed by atoms with van der Waals surface area (Å²) < 4.78 is 22.5. The fourth-order valence-electron chi connectivity index (χ4n) is 2.72. The third-order valence-electron chi connectivity index (χ3n) is 3.67. The Balaban J connectivity index is 2.06. The number of thioether (sulfide) groups is 1. The van der Waals surface area contributed by atoms with Crippen LogP contribution in [0.3, 0.4) is 0 Å². The summed E-state index contributed by atoms with van der Waals surface area (Å²) in [5.41, 5.74) is 2.82. The molecule has 0 fully saturated rings. The average Bonchev–Trinajstić information content (AvgIpc) is 2.40. The van der Waals surface area contributed by atoms with Crippen molar-refractivity contribution in [1.82, 2.24) is 5.32 Å². The Hall–Kier alpha value is -0.520. The van der Waals surface area contributed by atoms with E-state index in [1.807, 2.05) is 0 Å². The minimum Gasteiger partial charge on any atom is -0.309 e. The Bertz CT molecular complexity index is 543. The molecule has 0 amide bonds. The lowest BCUT2D eigenvalue weighted by atomic mass is 9.87. The van der Waals surface area contributed by atoms with Gasteiger partial charge in [-0.25, -0.2) is 8.42 Å². The first kappa shape index (κ1) is 15.9. The van der Waals surface area contributed by atoms with Crippen LogP contribution in [-0.2, 0) is 16.3 Å². The standard InChI is InChI=1S/C15H23NO2S2/c1-3-16-15-13-7-5-4-6-12(13)8-9-14(15)19-10-11-20(2,17)18/h4-7,14-16H,3,8-11H2,1-2H3. The summed E-state index contributed by atoms with van der Waals surface area (Å²) in [6.45, 7) is 3.05. The van der Waals surface area contributed by atoms with Gasteiger partial charge in [-0.15, -0.1) is 0 Å². The monoisotopic (exact) mass is 313 g/mol. The molecule has 0 heterocycles. The van der Waals surface area contributed by atoms with Gasteiger partial charge in [-0.3, -0.25) is 0 Å². The van der Waals surface area contributed by atoms with Crippen molar-refractivity contribution in [3.8, 4) is 0 Å². The summed E-state index contributed by atoms with van der Waals surface area (Å²) in [5, 5.41) is 4.03. The van der Waals surface area contributed by atoms with E-state index in [0.717, 1.165) is 19.4 Å². The normalized spacial score (nSPS) is 22.5. The molecule has 1 N–H and O–H groups in total. The molecule has 1 aliphatic rings. The maximum atomic E-state index is 11.2. The van der Waals surface area contributed by atoms with Crippen molar-refractivity contribution in [3.05, 3.63) is 35.4 Å². The molecule has 0 saturated carbocycles. The molecule has 3 nitrogen and oxygen atoms in total. The Morgan fingerprint density at radius 2 is 2.10 bits per heavy atom. The number of nitrogens with one attached hydrogen (secondary N) is 1. The van der Waals surface area contributed by atoms with E-state index in [0.29, 0.717) is 17.0 Å². The Morgan fingerprint density at radius 1 is 1.35 bits per heavy atom. The first-order chi connectivity index (χ1) is 9.51. The van der Waals surface area contributed by atoms with Gasteiger partial charge in [0.05, 0.1) is 5.75 Å². The van der Waals surface area contributed by atoms with Gasteiger partial charge in [0.25, 0.3) is 0 Å². The molecule has 20 heavy (non-hydrogen) atoms. The van der Waals surface area contributed by atoms with Gasteiger partial charge in [0.2, 0.25) is 0 Å². The molecule has 0 bridgehead atoms. The molecular weight excluding hydrogens is 290 g/mol. The van der Waals surface area contributed by atoms with Crippen LogP contribution in [0, 0.1) is 0 Å². The van der Waals surface area contributed by atoms with Crippen LogP contribution >= 0.6 is 11.8 Å². The summed E-state index contributed by atoms with van der Waals surface area (Å²) in [5.74, 6) is 0.961. The zero-order valence-corrected chi connectivity index (χ0v) is 13.8. The third-order valence-corrected chi connectivity index (χ3v) is 6.25. The summed E-state index contributed by atoms with van der Waals surface area (Å²) in [6.07, 6.45) is 3.52. The van der Waals surface area contributed by atoms with Gasteiger partial charge in [-0.05, 0) is 30.5 Å². The number of fused-ring (bicyclic) bond motifs is 1. The van der Waals surface area contributed by atoms with E-state index in [1.165, 1.54) is 17.4 Å². The number of sulfone groups is 1. The maximum Gasteiger partial charge on any atom is 0.148 e. The molecule has 0 aliphatic heterocycles. The predicted molar refractivity (Wildman–Crippen MR) is 87.1 cm³/mol. The van der Waals surface area contributed by atoms with E-state index >= 15 is 0 Å². The van der Waals surface area contributed by atoms with Crippen LogP contribution < -0.4 is 5.32 Å². The highest BCUT2D eigenvalue weighted by Crippen LogP contribution is 2.36. The highest BCUT2D eigenvalue weighted by molar-refractivity contribution is 8.01. The van der Waals surface area contributed by atoms with Crippen molar-refractivity contribution in [2.75, 3.05) is 24.3 Å². The van der Waals surface area contributed by atoms with Crippen molar-refractivity contribution < 1.29 is 8.42 Å². The predicted octanol–water partition coefficient (Wildman–Crippen LogP) is 2.43. The number of hydrogen-bond donors (Lipinski definition) is 1. The molecule has 2 atom stereocenters. The molecule has 2 unspecified atom stereocenters. The van der Waals surface area contributed by atoms with Crippen LogP contribution in [0.25, 0.3) is 0 Å². The lowest BCUT2D eigenvalue weighted by Gasteiger charge is -2.34. The number of hydrogen-bond acceptors (Lipinski definition) is 4. The Morgan fingerprint density at radius 3 is 2.80 bits per heavy atom. The molecule has 2 rings (SSSR count). The second kappa shape index (κ2) is 6.96. The van der Waals surface area contributed by atoms with E-state index in [9.17, 15) is 8.42 Å². The first-order valence-corrected chi connectivity index (χ1v) is 10.2. The highest BCUT2D eigenvalue weighted by atomic mass is 32.2. The molecule has 0 spiro atoms. The van der Waals surface area contributed by atoms with E-state index in [1.54, 1.807) is 11.8 Å². The summed E-state index contributed by atoms with van der Waals surface area (Å²) in [7, 11) is -2.86. The lowest BCUT2D eigenvalue weighted by molar-refractivity contribution is 0.484. The maximum absolute atomic E-state index is 11.2. The molecule has 0 saturated heterocycles. The minimum absolute atomic E-state index is 0.272. The second-order valence-electron chi connectivity index (χ2n) is 5.31. The van der Waals surface area contributed by atoms with E-state index in [4.69, 9.17) is 0 Å². The first-order valence-electron chi connectivity index (χ1n) is 7.12. The van der Waals surface area contributed by atoms with Gasteiger partial charge >= 0.3 is 0 Å². The molecule has 1 aromatic rings. The molecule has 0 radical (unpaired) electrons. The van der Waals surface area contributed by atoms with E-state index in [2.05, 4.69) is 36.5 Å². The van der Waals surface area contributed by atoms with Crippen molar-refractivity contribution in [2.45, 2.75) is 31.1 Å². The van der Waals surface area contributed by atoms with Crippen molar-refractivity contribution >= 4 is 21.6 Å². The Kier molecular flexibility index (Phi) is 5.52. The topological polar surface area (TPSA) is 46.2 Å². The zero-order valence-electron chi connectivity index (χ0n) is 12.1. The van der Waals surface area contributed by atoms with E-state index in [-0.39, 0.29) is 5.75 Å². The summed E-state index contributed by atoms with van der Waals surface area (Å²) in [4.78, 5) is 0. The molecule has 112 valence electrons. The van der Waals surface area contributed by atoms with Crippen molar-refractivity contribution in [3.63, 3.8) is 0 Å². The molecule has 1 aliphatic carbocycles. The number of rotatable bonds is 6. The van der Waals surface area contributed by atoms with Gasteiger partial charge in [-0.1, -0.05) is 31.2 Å². The molecule has 5 heteroatoms. The van der Waals surface area contributed by atoms with Gasteiger partial charge in [0, 0.05) is 23.3 Å². The van der Waals surface area contributed by atoms with Crippen molar-refractivity contribution in [1.29, 1.82) is 0 Å². The van der Waals surface area contributed by atoms with Gasteiger partial charge < -0.3 is 5.32 Å². The Labute approximate surface area is 126 Å². The van der Waals surface area contributed by atoms with Crippen molar-refractivity contribution in [2.24, 2.45) is 0 Å². The fraction of sp³-hybridized carbons (Fsp3) is 0.600. The van der Waals surface area contributed by atoms with Crippen LogP contribution in [0.1, 0.15) is 30.5 Å². The minimum atomic E-state index is -2.86.